The van der Waals surface area contributed by atoms with E-state index in [1.165, 1.54) is 0 Å². The molecule has 20 heavy (non-hydrogen) atoms. The van der Waals surface area contributed by atoms with E-state index in [4.69, 9.17) is 11.6 Å². The van der Waals surface area contributed by atoms with Gasteiger partial charge < -0.3 is 5.32 Å². The Morgan fingerprint density at radius 1 is 1.20 bits per heavy atom. The van der Waals surface area contributed by atoms with Gasteiger partial charge in [0.05, 0.1) is 11.1 Å². The highest BCUT2D eigenvalue weighted by atomic mass is 79.9. The number of aryl methyl sites for hydroxylation is 2. The van der Waals surface area contributed by atoms with Crippen molar-refractivity contribution in [1.29, 1.82) is 0 Å². The maximum absolute atomic E-state index is 13.8. The lowest BCUT2D eigenvalue weighted by molar-refractivity contribution is 0.604. The summed E-state index contributed by atoms with van der Waals surface area (Å²) >= 11 is 9.80. The second kappa shape index (κ2) is 6.25. The highest BCUT2D eigenvalue weighted by molar-refractivity contribution is 9.10. The molecule has 0 aliphatic heterocycles. The van der Waals surface area contributed by atoms with Gasteiger partial charge in [-0.15, -0.1) is 0 Å². The van der Waals surface area contributed by atoms with Gasteiger partial charge in [-0.1, -0.05) is 35.9 Å². The first kappa shape index (κ1) is 15.5. The molecule has 2 aromatic rings. The van der Waals surface area contributed by atoms with E-state index in [9.17, 15) is 4.39 Å². The van der Waals surface area contributed by atoms with E-state index in [0.717, 1.165) is 15.6 Å². The third-order valence-corrected chi connectivity index (χ3v) is 4.68. The quantitative estimate of drug-likeness (QED) is 0.800. The summed E-state index contributed by atoms with van der Waals surface area (Å²) < 4.78 is 14.6. The van der Waals surface area contributed by atoms with Gasteiger partial charge in [0.2, 0.25) is 0 Å². The molecule has 0 saturated heterocycles. The fourth-order valence-electron chi connectivity index (χ4n) is 2.39. The van der Waals surface area contributed by atoms with Gasteiger partial charge in [0.15, 0.2) is 0 Å². The van der Waals surface area contributed by atoms with E-state index >= 15 is 0 Å². The molecule has 0 bridgehead atoms. The van der Waals surface area contributed by atoms with E-state index in [1.54, 1.807) is 13.8 Å². The molecule has 4 heteroatoms. The summed E-state index contributed by atoms with van der Waals surface area (Å²) in [6.07, 6.45) is 0. The van der Waals surface area contributed by atoms with Gasteiger partial charge in [0, 0.05) is 4.47 Å². The maximum atomic E-state index is 13.8. The highest BCUT2D eigenvalue weighted by Gasteiger charge is 2.18. The zero-order valence-electron chi connectivity index (χ0n) is 11.6. The summed E-state index contributed by atoms with van der Waals surface area (Å²) in [4.78, 5) is 0. The van der Waals surface area contributed by atoms with Gasteiger partial charge in [-0.05, 0) is 65.1 Å². The molecule has 106 valence electrons. The monoisotopic (exact) mass is 355 g/mol. The minimum absolute atomic E-state index is 0.0713. The summed E-state index contributed by atoms with van der Waals surface area (Å²) in [5.41, 5.74) is 3.26. The molecule has 1 unspecified atom stereocenters. The van der Waals surface area contributed by atoms with E-state index in [0.29, 0.717) is 16.1 Å². The first-order valence-electron chi connectivity index (χ1n) is 6.33. The second-order valence-corrected chi connectivity index (χ2v) is 6.07. The van der Waals surface area contributed by atoms with E-state index < -0.39 is 0 Å². The Labute approximate surface area is 132 Å². The zero-order chi connectivity index (χ0) is 14.9. The molecular weight excluding hydrogens is 341 g/mol. The number of hydrogen-bond acceptors (Lipinski definition) is 1. The van der Waals surface area contributed by atoms with Crippen molar-refractivity contribution in [2.45, 2.75) is 19.9 Å². The van der Waals surface area contributed by atoms with Crippen LogP contribution in [0.5, 0.6) is 0 Å². The summed E-state index contributed by atoms with van der Waals surface area (Å²) in [6, 6.07) is 9.47. The Balaban J connectivity index is 2.55. The van der Waals surface area contributed by atoms with Crippen molar-refractivity contribution in [2.75, 3.05) is 7.05 Å². The van der Waals surface area contributed by atoms with Crippen molar-refractivity contribution < 1.29 is 4.39 Å². The predicted octanol–water partition coefficient (Wildman–Crippen LogP) is 5.17. The van der Waals surface area contributed by atoms with Crippen LogP contribution >= 0.6 is 27.5 Å². The Kier molecular flexibility index (Phi) is 4.84. The highest BCUT2D eigenvalue weighted by Crippen LogP contribution is 2.34. The summed E-state index contributed by atoms with van der Waals surface area (Å²) in [5, 5.41) is 3.92. The van der Waals surface area contributed by atoms with Crippen LogP contribution in [0.1, 0.15) is 28.3 Å². The van der Waals surface area contributed by atoms with Crippen molar-refractivity contribution in [3.8, 4) is 0 Å². The van der Waals surface area contributed by atoms with E-state index in [-0.39, 0.29) is 11.9 Å². The largest absolute Gasteiger partial charge is 0.309 e. The number of nitrogens with one attached hydrogen (secondary N) is 1. The zero-order valence-corrected chi connectivity index (χ0v) is 13.9. The molecule has 1 N–H and O–H groups in total. The fourth-order valence-corrected chi connectivity index (χ4v) is 3.01. The van der Waals surface area contributed by atoms with Crippen LogP contribution in [0.2, 0.25) is 5.02 Å². The van der Waals surface area contributed by atoms with Crippen molar-refractivity contribution in [3.63, 3.8) is 0 Å². The van der Waals surface area contributed by atoms with E-state index in [1.807, 2.05) is 37.4 Å². The lowest BCUT2D eigenvalue weighted by Gasteiger charge is -2.20. The summed E-state index contributed by atoms with van der Waals surface area (Å²) in [5.74, 6) is -0.149. The molecule has 0 amide bonds. The number of hydrogen-bond donors (Lipinski definition) is 1. The molecule has 0 radical (unpaired) electrons. The maximum Gasteiger partial charge on any atom is 0.129 e. The molecule has 0 aliphatic rings. The van der Waals surface area contributed by atoms with Crippen molar-refractivity contribution in [1.82, 2.24) is 5.32 Å². The fraction of sp³-hybridized carbons (Fsp3) is 0.250. The van der Waals surface area contributed by atoms with Crippen molar-refractivity contribution >= 4 is 27.5 Å². The van der Waals surface area contributed by atoms with Gasteiger partial charge in [0.1, 0.15) is 5.82 Å². The topological polar surface area (TPSA) is 12.0 Å². The van der Waals surface area contributed by atoms with Crippen molar-refractivity contribution in [2.24, 2.45) is 0 Å². The molecule has 0 saturated carbocycles. The smallest absolute Gasteiger partial charge is 0.129 e. The first-order chi connectivity index (χ1) is 9.45. The molecular formula is C16H16BrClFN. The van der Waals surface area contributed by atoms with Gasteiger partial charge >= 0.3 is 0 Å². The summed E-state index contributed by atoms with van der Waals surface area (Å²) in [6.45, 7) is 3.56. The average molecular weight is 357 g/mol. The average Bonchev–Trinajstić information content (AvgIpc) is 2.41. The van der Waals surface area contributed by atoms with Gasteiger partial charge in [0.25, 0.3) is 0 Å². The van der Waals surface area contributed by atoms with Crippen LogP contribution in [-0.4, -0.2) is 7.05 Å². The molecule has 1 nitrogen and oxygen atoms in total. The van der Waals surface area contributed by atoms with Crippen LogP contribution in [-0.2, 0) is 0 Å². The number of halogens is 3. The Bertz CT molecular complexity index is 619. The molecule has 0 spiro atoms. The SMILES string of the molecule is CNC(c1cc(C)c(F)c(C)c1)c1cccc(Br)c1Cl. The van der Waals surface area contributed by atoms with Crippen LogP contribution in [0, 0.1) is 19.7 Å². The number of rotatable bonds is 3. The minimum atomic E-state index is -0.149. The molecule has 0 aliphatic carbocycles. The second-order valence-electron chi connectivity index (χ2n) is 4.83. The van der Waals surface area contributed by atoms with Crippen LogP contribution in [0.15, 0.2) is 34.8 Å². The van der Waals surface area contributed by atoms with Gasteiger partial charge in [-0.2, -0.15) is 0 Å². The molecule has 1 atom stereocenters. The molecule has 0 fully saturated rings. The summed E-state index contributed by atoms with van der Waals surface area (Å²) in [7, 11) is 1.87. The van der Waals surface area contributed by atoms with Crippen LogP contribution in [0.25, 0.3) is 0 Å². The lowest BCUT2D eigenvalue weighted by atomic mass is 9.95. The van der Waals surface area contributed by atoms with Crippen molar-refractivity contribution in [3.05, 3.63) is 67.9 Å². The van der Waals surface area contributed by atoms with Gasteiger partial charge in [-0.25, -0.2) is 4.39 Å². The third kappa shape index (κ3) is 2.90. The first-order valence-corrected chi connectivity index (χ1v) is 7.50. The molecule has 2 aromatic carbocycles. The third-order valence-electron chi connectivity index (χ3n) is 3.37. The van der Waals surface area contributed by atoms with Crippen LogP contribution in [0.3, 0.4) is 0 Å². The lowest BCUT2D eigenvalue weighted by Crippen LogP contribution is -2.18. The van der Waals surface area contributed by atoms with Crippen LogP contribution in [0.4, 0.5) is 4.39 Å². The predicted molar refractivity (Wildman–Crippen MR) is 85.9 cm³/mol. The molecule has 0 heterocycles. The standard InChI is InChI=1S/C16H16BrClFN/c1-9-7-11(8-10(2)15(9)19)16(20-3)12-5-4-6-13(17)14(12)18/h4-8,16,20H,1-3H3. The molecule has 0 aromatic heterocycles. The normalized spacial score (nSPS) is 12.5. The Morgan fingerprint density at radius 2 is 1.80 bits per heavy atom. The Hall–Kier alpha value is -0.900. The molecule has 2 rings (SSSR count). The van der Waals surface area contributed by atoms with Gasteiger partial charge in [-0.3, -0.25) is 0 Å². The Morgan fingerprint density at radius 3 is 2.35 bits per heavy atom. The minimum Gasteiger partial charge on any atom is -0.309 e. The number of benzene rings is 2. The van der Waals surface area contributed by atoms with Crippen LogP contribution < -0.4 is 5.32 Å². The van der Waals surface area contributed by atoms with E-state index in [2.05, 4.69) is 21.2 Å².